The zero-order valence-corrected chi connectivity index (χ0v) is 18.1. The number of cyclic esters (lactones) is 1. The van der Waals surface area contributed by atoms with Crippen LogP contribution in [0.15, 0.2) is 24.3 Å². The lowest BCUT2D eigenvalue weighted by molar-refractivity contribution is -0.148. The summed E-state index contributed by atoms with van der Waals surface area (Å²) >= 11 is 0. The Balaban J connectivity index is 1.13. The molecule has 1 saturated carbocycles. The zero-order chi connectivity index (χ0) is 20.4. The predicted molar refractivity (Wildman–Crippen MR) is 118 cm³/mol. The molecule has 6 heteroatoms. The third kappa shape index (κ3) is 4.04. The van der Waals surface area contributed by atoms with Crippen molar-refractivity contribution in [3.8, 4) is 0 Å². The number of piperazine rings is 1. The van der Waals surface area contributed by atoms with Crippen molar-refractivity contribution in [3.05, 3.63) is 24.3 Å². The topological polar surface area (TPSA) is 45.2 Å². The molecule has 0 N–H and O–H groups in total. The van der Waals surface area contributed by atoms with Crippen molar-refractivity contribution in [1.82, 2.24) is 4.90 Å². The molecule has 4 aliphatic rings. The maximum Gasteiger partial charge on any atom is 0.312 e. The van der Waals surface area contributed by atoms with Gasteiger partial charge in [0.05, 0.1) is 30.0 Å². The minimum Gasteiger partial charge on any atom is -0.462 e. The van der Waals surface area contributed by atoms with Gasteiger partial charge in [0.2, 0.25) is 0 Å². The van der Waals surface area contributed by atoms with E-state index in [0.717, 1.165) is 84.7 Å². The fraction of sp³-hybridized carbons (Fsp3) is 0.708. The molecule has 6 nitrogen and oxygen atoms in total. The quantitative estimate of drug-likeness (QED) is 0.692. The molecule has 0 radical (unpaired) electrons. The monoisotopic (exact) mass is 413 g/mol. The molecular formula is C24H35N3O3. The number of hydrogen-bond donors (Lipinski definition) is 0. The molecule has 5 rings (SSSR count). The highest BCUT2D eigenvalue weighted by molar-refractivity contribution is 5.79. The van der Waals surface area contributed by atoms with Gasteiger partial charge in [0.25, 0.3) is 0 Å². The number of ether oxygens (including phenoxy) is 2. The van der Waals surface area contributed by atoms with E-state index in [0.29, 0.717) is 0 Å². The number of esters is 1. The first-order chi connectivity index (χ1) is 14.7. The van der Waals surface area contributed by atoms with Crippen LogP contribution in [0.4, 0.5) is 11.4 Å². The van der Waals surface area contributed by atoms with E-state index in [9.17, 15) is 4.79 Å². The minimum absolute atomic E-state index is 0.0922. The van der Waals surface area contributed by atoms with E-state index >= 15 is 0 Å². The van der Waals surface area contributed by atoms with E-state index < -0.39 is 0 Å². The molecule has 1 aliphatic carbocycles. The molecule has 3 aliphatic heterocycles. The Morgan fingerprint density at radius 3 is 2.20 bits per heavy atom. The molecule has 1 spiro atoms. The number of morpholine rings is 1. The SMILES string of the molecule is O=C1O[C@@H](CCN2CCN(c3ccccc3N3CCOCC3)CC2)CC12CCCC2. The van der Waals surface area contributed by atoms with Crippen LogP contribution in [-0.4, -0.2) is 76.0 Å². The molecule has 1 aromatic carbocycles. The Labute approximate surface area is 180 Å². The Hall–Kier alpha value is -1.79. The van der Waals surface area contributed by atoms with Gasteiger partial charge in [-0.3, -0.25) is 9.69 Å². The number of nitrogens with zero attached hydrogens (tertiary/aromatic N) is 3. The number of benzene rings is 1. The first-order valence-electron chi connectivity index (χ1n) is 11.8. The van der Waals surface area contributed by atoms with Gasteiger partial charge in [0, 0.05) is 52.2 Å². The van der Waals surface area contributed by atoms with Gasteiger partial charge in [-0.2, -0.15) is 0 Å². The Morgan fingerprint density at radius 2 is 1.53 bits per heavy atom. The summed E-state index contributed by atoms with van der Waals surface area (Å²) in [5, 5.41) is 0. The molecule has 1 aromatic rings. The Morgan fingerprint density at radius 1 is 0.900 bits per heavy atom. The minimum atomic E-state index is -0.118. The van der Waals surface area contributed by atoms with Crippen LogP contribution in [-0.2, 0) is 14.3 Å². The average molecular weight is 414 g/mol. The summed E-state index contributed by atoms with van der Waals surface area (Å²) in [6.45, 7) is 8.85. The molecule has 30 heavy (non-hydrogen) atoms. The first-order valence-corrected chi connectivity index (χ1v) is 11.8. The second-order valence-corrected chi connectivity index (χ2v) is 9.42. The van der Waals surface area contributed by atoms with Gasteiger partial charge >= 0.3 is 5.97 Å². The largest absolute Gasteiger partial charge is 0.462 e. The smallest absolute Gasteiger partial charge is 0.312 e. The standard InChI is InChI=1S/C24H35N3O3/c28-23-24(8-3-4-9-24)19-20(30-23)7-10-25-11-13-26(14-12-25)21-5-1-2-6-22(21)27-15-17-29-18-16-27/h1-2,5-6,20H,3-4,7-19H2/t20-/m0/s1. The Bertz CT molecular complexity index is 735. The van der Waals surface area contributed by atoms with Crippen molar-refractivity contribution in [2.75, 3.05) is 68.8 Å². The van der Waals surface area contributed by atoms with Gasteiger partial charge in [-0.15, -0.1) is 0 Å². The van der Waals surface area contributed by atoms with E-state index in [1.165, 1.54) is 24.2 Å². The van der Waals surface area contributed by atoms with Gasteiger partial charge in [-0.25, -0.2) is 0 Å². The summed E-state index contributed by atoms with van der Waals surface area (Å²) in [7, 11) is 0. The average Bonchev–Trinajstić information content (AvgIpc) is 3.40. The maximum absolute atomic E-state index is 12.4. The molecule has 0 aromatic heterocycles. The van der Waals surface area contributed by atoms with Crippen LogP contribution < -0.4 is 9.80 Å². The van der Waals surface area contributed by atoms with Gasteiger partial charge in [0.1, 0.15) is 6.10 Å². The molecular weight excluding hydrogens is 378 g/mol. The lowest BCUT2D eigenvalue weighted by Gasteiger charge is -2.39. The number of rotatable bonds is 5. The maximum atomic E-state index is 12.4. The molecule has 0 bridgehead atoms. The van der Waals surface area contributed by atoms with Crippen molar-refractivity contribution in [1.29, 1.82) is 0 Å². The van der Waals surface area contributed by atoms with E-state index in [4.69, 9.17) is 9.47 Å². The van der Waals surface area contributed by atoms with Crippen molar-refractivity contribution in [3.63, 3.8) is 0 Å². The van der Waals surface area contributed by atoms with Crippen LogP contribution in [0.2, 0.25) is 0 Å². The third-order valence-electron chi connectivity index (χ3n) is 7.60. The van der Waals surface area contributed by atoms with E-state index in [1.807, 2.05) is 0 Å². The summed E-state index contributed by atoms with van der Waals surface area (Å²) in [6, 6.07) is 8.81. The summed E-state index contributed by atoms with van der Waals surface area (Å²) < 4.78 is 11.3. The molecule has 3 heterocycles. The van der Waals surface area contributed by atoms with Gasteiger partial charge in [0.15, 0.2) is 0 Å². The van der Waals surface area contributed by atoms with Gasteiger partial charge in [-0.05, 0) is 31.4 Å². The van der Waals surface area contributed by atoms with Crippen molar-refractivity contribution < 1.29 is 14.3 Å². The lowest BCUT2D eigenvalue weighted by Crippen LogP contribution is -2.47. The molecule has 1 atom stereocenters. The normalized spacial score (nSPS) is 27.1. The van der Waals surface area contributed by atoms with Crippen molar-refractivity contribution >= 4 is 17.3 Å². The number of anilines is 2. The van der Waals surface area contributed by atoms with Crippen LogP contribution in [0.3, 0.4) is 0 Å². The second kappa shape index (κ2) is 8.75. The third-order valence-corrected chi connectivity index (χ3v) is 7.60. The van der Waals surface area contributed by atoms with Crippen LogP contribution in [0, 0.1) is 5.41 Å². The second-order valence-electron chi connectivity index (χ2n) is 9.42. The number of para-hydroxylation sites is 2. The van der Waals surface area contributed by atoms with Crippen molar-refractivity contribution in [2.24, 2.45) is 5.41 Å². The highest BCUT2D eigenvalue weighted by Gasteiger charge is 2.50. The number of carbonyl (C=O) groups is 1. The predicted octanol–water partition coefficient (Wildman–Crippen LogP) is 2.91. The highest BCUT2D eigenvalue weighted by atomic mass is 16.6. The van der Waals surface area contributed by atoms with Crippen molar-refractivity contribution in [2.45, 2.75) is 44.6 Å². The van der Waals surface area contributed by atoms with Gasteiger partial charge in [-0.1, -0.05) is 25.0 Å². The molecule has 0 amide bonds. The first kappa shape index (κ1) is 20.1. The molecule has 4 fully saturated rings. The van der Waals surface area contributed by atoms with E-state index in [2.05, 4.69) is 39.0 Å². The summed E-state index contributed by atoms with van der Waals surface area (Å²) in [5.74, 6) is 0.0922. The number of carbonyl (C=O) groups excluding carboxylic acids is 1. The highest BCUT2D eigenvalue weighted by Crippen LogP contribution is 2.48. The summed E-state index contributed by atoms with van der Waals surface area (Å²) in [4.78, 5) is 19.9. The zero-order valence-electron chi connectivity index (χ0n) is 18.1. The number of hydrogen-bond acceptors (Lipinski definition) is 6. The van der Waals surface area contributed by atoms with Crippen LogP contribution in [0.5, 0.6) is 0 Å². The van der Waals surface area contributed by atoms with Crippen LogP contribution in [0.25, 0.3) is 0 Å². The summed E-state index contributed by atoms with van der Waals surface area (Å²) in [6.07, 6.45) is 6.55. The summed E-state index contributed by atoms with van der Waals surface area (Å²) in [5.41, 5.74) is 2.58. The van der Waals surface area contributed by atoms with E-state index in [-0.39, 0.29) is 17.5 Å². The fourth-order valence-electron chi connectivity index (χ4n) is 5.80. The fourth-order valence-corrected chi connectivity index (χ4v) is 5.80. The van der Waals surface area contributed by atoms with Crippen LogP contribution >= 0.6 is 0 Å². The molecule has 164 valence electrons. The van der Waals surface area contributed by atoms with Crippen LogP contribution in [0.1, 0.15) is 38.5 Å². The molecule has 3 saturated heterocycles. The molecule has 0 unspecified atom stereocenters. The lowest BCUT2D eigenvalue weighted by atomic mass is 9.83. The van der Waals surface area contributed by atoms with E-state index in [1.54, 1.807) is 0 Å². The Kier molecular flexibility index (Phi) is 5.87. The van der Waals surface area contributed by atoms with Gasteiger partial charge < -0.3 is 19.3 Å².